The van der Waals surface area contributed by atoms with E-state index in [1.54, 1.807) is 0 Å². The molecule has 1 amide bonds. The van der Waals surface area contributed by atoms with Crippen molar-refractivity contribution in [2.24, 2.45) is 0 Å². The molecule has 0 spiro atoms. The average molecular weight is 422 g/mol. The van der Waals surface area contributed by atoms with E-state index in [1.165, 1.54) is 17.7 Å². The van der Waals surface area contributed by atoms with Gasteiger partial charge in [0.15, 0.2) is 11.6 Å². The van der Waals surface area contributed by atoms with Gasteiger partial charge in [-0.3, -0.25) is 5.32 Å². The number of carbonyl (C=O) groups excluding carboxylic acids is 1. The molecule has 4 atom stereocenters. The molecule has 2 fully saturated rings. The van der Waals surface area contributed by atoms with E-state index in [0.29, 0.717) is 5.82 Å². The minimum absolute atomic E-state index is 0.0390. The third kappa shape index (κ3) is 3.96. The number of carbonyl (C=O) groups is 1. The van der Waals surface area contributed by atoms with Gasteiger partial charge in [0.05, 0.1) is 16.3 Å². The molecule has 2 aliphatic rings. The number of thiophene rings is 1. The Morgan fingerprint density at radius 2 is 2.00 bits per heavy atom. The molecular weight excluding hydrogens is 394 g/mol. The van der Waals surface area contributed by atoms with Crippen LogP contribution in [0.1, 0.15) is 59.6 Å². The van der Waals surface area contributed by atoms with Crippen molar-refractivity contribution in [1.82, 2.24) is 9.97 Å². The highest BCUT2D eigenvalue weighted by molar-refractivity contribution is 7.18. The van der Waals surface area contributed by atoms with E-state index in [1.807, 2.05) is 40.0 Å². The number of fused-ring (bicyclic) bond motifs is 2. The largest absolute Gasteiger partial charge is 0.444 e. The fourth-order valence-corrected chi connectivity index (χ4v) is 4.81. The summed E-state index contributed by atoms with van der Waals surface area (Å²) < 4.78 is 24.7. The van der Waals surface area contributed by atoms with Gasteiger partial charge in [-0.2, -0.15) is 0 Å². The molecule has 9 heteroatoms. The monoisotopic (exact) mass is 421 g/mol. The minimum atomic E-state index is -0.644. The van der Waals surface area contributed by atoms with E-state index in [4.69, 9.17) is 18.9 Å². The van der Waals surface area contributed by atoms with E-state index >= 15 is 0 Å². The molecule has 1 N–H and O–H groups in total. The molecule has 0 bridgehead atoms. The topological polar surface area (TPSA) is 91.8 Å². The zero-order valence-corrected chi connectivity index (χ0v) is 18.3. The zero-order chi connectivity index (χ0) is 21.0. The molecule has 2 saturated heterocycles. The second-order valence-electron chi connectivity index (χ2n) is 8.79. The van der Waals surface area contributed by atoms with Crippen molar-refractivity contribution in [3.63, 3.8) is 0 Å². The Morgan fingerprint density at radius 3 is 2.69 bits per heavy atom. The van der Waals surface area contributed by atoms with Gasteiger partial charge >= 0.3 is 6.09 Å². The van der Waals surface area contributed by atoms with E-state index in [9.17, 15) is 4.79 Å². The SMILES string of the molecule is CC[C@H]1O[C@@H](c2csc3c(NC(=O)OC(C)(C)C)ncnc23)[C@@H]2OC(C)(C)O[C@@H]21. The van der Waals surface area contributed by atoms with Gasteiger partial charge in [-0.15, -0.1) is 11.3 Å². The van der Waals surface area contributed by atoms with Crippen molar-refractivity contribution in [2.75, 3.05) is 5.32 Å². The Kier molecular flexibility index (Phi) is 5.05. The van der Waals surface area contributed by atoms with Gasteiger partial charge in [0.1, 0.15) is 30.2 Å². The normalized spacial score (nSPS) is 28.5. The molecule has 2 aromatic heterocycles. The van der Waals surface area contributed by atoms with Crippen molar-refractivity contribution >= 4 is 33.5 Å². The Morgan fingerprint density at radius 1 is 1.28 bits per heavy atom. The summed E-state index contributed by atoms with van der Waals surface area (Å²) >= 11 is 1.46. The first kappa shape index (κ1) is 20.5. The number of hydrogen-bond acceptors (Lipinski definition) is 8. The second-order valence-corrected chi connectivity index (χ2v) is 9.67. The van der Waals surface area contributed by atoms with Gasteiger partial charge in [-0.05, 0) is 46.4 Å². The molecule has 0 aromatic carbocycles. The van der Waals surface area contributed by atoms with Crippen LogP contribution in [0.2, 0.25) is 0 Å². The molecular formula is C20H27N3O5S. The number of hydrogen-bond donors (Lipinski definition) is 1. The first-order valence-electron chi connectivity index (χ1n) is 9.81. The lowest BCUT2D eigenvalue weighted by Gasteiger charge is -2.23. The molecule has 8 nitrogen and oxygen atoms in total. The summed E-state index contributed by atoms with van der Waals surface area (Å²) in [6, 6.07) is 0. The van der Waals surface area contributed by atoms with Crippen LogP contribution in [0.15, 0.2) is 11.7 Å². The van der Waals surface area contributed by atoms with Crippen molar-refractivity contribution in [3.8, 4) is 0 Å². The van der Waals surface area contributed by atoms with Crippen LogP contribution in [0, 0.1) is 0 Å². The summed E-state index contributed by atoms with van der Waals surface area (Å²) in [7, 11) is 0. The first-order chi connectivity index (χ1) is 13.6. The Hall–Kier alpha value is -1.81. The van der Waals surface area contributed by atoms with Gasteiger partial charge in [-0.25, -0.2) is 14.8 Å². The van der Waals surface area contributed by atoms with Crippen LogP contribution in [0.5, 0.6) is 0 Å². The van der Waals surface area contributed by atoms with E-state index < -0.39 is 17.5 Å². The standard InChI is InChI=1S/C20H27N3O5S/c1-7-11-14-15(27-20(5,6)26-14)13(25-11)10-8-29-16-12(10)21-9-22-17(16)23-18(24)28-19(2,3)4/h8-9,11,13-15H,7H2,1-6H3,(H,21,22,23,24)/t11-,13+,14-,15+/m1/s1. The van der Waals surface area contributed by atoms with Crippen molar-refractivity contribution in [2.45, 2.75) is 83.8 Å². The van der Waals surface area contributed by atoms with Gasteiger partial charge in [0.25, 0.3) is 0 Å². The van der Waals surface area contributed by atoms with Crippen molar-refractivity contribution in [1.29, 1.82) is 0 Å². The van der Waals surface area contributed by atoms with Gasteiger partial charge < -0.3 is 18.9 Å². The Bertz CT molecular complexity index is 922. The van der Waals surface area contributed by atoms with Crippen LogP contribution < -0.4 is 5.32 Å². The van der Waals surface area contributed by atoms with Gasteiger partial charge in [0, 0.05) is 5.56 Å². The predicted molar refractivity (Wildman–Crippen MR) is 109 cm³/mol. The van der Waals surface area contributed by atoms with Crippen molar-refractivity contribution in [3.05, 3.63) is 17.3 Å². The van der Waals surface area contributed by atoms with Crippen LogP contribution in [0.25, 0.3) is 10.2 Å². The third-order valence-electron chi connectivity index (χ3n) is 4.86. The van der Waals surface area contributed by atoms with E-state index in [0.717, 1.165) is 22.2 Å². The lowest BCUT2D eigenvalue weighted by molar-refractivity contribution is -0.187. The van der Waals surface area contributed by atoms with Crippen molar-refractivity contribution < 1.29 is 23.7 Å². The number of anilines is 1. The summed E-state index contributed by atoms with van der Waals surface area (Å²) in [6.07, 6.45) is 1.07. The van der Waals surface area contributed by atoms with Crippen LogP contribution in [0.4, 0.5) is 10.6 Å². The molecule has 158 valence electrons. The Labute approximate surface area is 173 Å². The molecule has 0 saturated carbocycles. The maximum Gasteiger partial charge on any atom is 0.413 e. The fraction of sp³-hybridized carbons (Fsp3) is 0.650. The third-order valence-corrected chi connectivity index (χ3v) is 5.85. The van der Waals surface area contributed by atoms with Crippen LogP contribution in [0.3, 0.4) is 0 Å². The summed E-state index contributed by atoms with van der Waals surface area (Å²) in [6.45, 7) is 11.4. The molecule has 4 heterocycles. The molecule has 2 aliphatic heterocycles. The number of nitrogens with zero attached hydrogens (tertiary/aromatic N) is 2. The minimum Gasteiger partial charge on any atom is -0.444 e. The fourth-order valence-electron chi connectivity index (χ4n) is 3.82. The number of aromatic nitrogens is 2. The summed E-state index contributed by atoms with van der Waals surface area (Å²) in [5.74, 6) is -0.222. The van der Waals surface area contributed by atoms with Gasteiger partial charge in [0.2, 0.25) is 0 Å². The smallest absolute Gasteiger partial charge is 0.413 e. The summed E-state index contributed by atoms with van der Waals surface area (Å²) in [5, 5.41) is 4.72. The van der Waals surface area contributed by atoms with Crippen LogP contribution in [-0.4, -0.2) is 45.8 Å². The van der Waals surface area contributed by atoms with Crippen LogP contribution >= 0.6 is 11.3 Å². The molecule has 4 rings (SSSR count). The maximum atomic E-state index is 12.2. The molecule has 0 radical (unpaired) electrons. The van der Waals surface area contributed by atoms with Crippen LogP contribution in [-0.2, 0) is 18.9 Å². The van der Waals surface area contributed by atoms with E-state index in [-0.39, 0.29) is 24.4 Å². The second kappa shape index (κ2) is 7.16. The number of nitrogens with one attached hydrogen (secondary N) is 1. The highest BCUT2D eigenvalue weighted by Crippen LogP contribution is 2.48. The Balaban J connectivity index is 1.64. The quantitative estimate of drug-likeness (QED) is 0.785. The highest BCUT2D eigenvalue weighted by atomic mass is 32.1. The van der Waals surface area contributed by atoms with E-state index in [2.05, 4.69) is 22.2 Å². The lowest BCUT2D eigenvalue weighted by Crippen LogP contribution is -2.28. The lowest BCUT2D eigenvalue weighted by atomic mass is 10.0. The van der Waals surface area contributed by atoms with Gasteiger partial charge in [-0.1, -0.05) is 6.92 Å². The first-order valence-corrected chi connectivity index (χ1v) is 10.7. The predicted octanol–water partition coefficient (Wildman–Crippen LogP) is 4.41. The highest BCUT2D eigenvalue weighted by Gasteiger charge is 2.55. The maximum absolute atomic E-state index is 12.2. The molecule has 29 heavy (non-hydrogen) atoms. The number of ether oxygens (including phenoxy) is 4. The zero-order valence-electron chi connectivity index (χ0n) is 17.5. The number of amides is 1. The molecule has 0 aliphatic carbocycles. The molecule has 0 unspecified atom stereocenters. The number of rotatable bonds is 3. The summed E-state index contributed by atoms with van der Waals surface area (Å²) in [5.41, 5.74) is 1.07. The molecule has 2 aromatic rings. The summed E-state index contributed by atoms with van der Waals surface area (Å²) in [4.78, 5) is 20.9. The average Bonchev–Trinajstić information content (AvgIpc) is 3.24.